The molecular weight excluding hydrogens is 473 g/mol. The Morgan fingerprint density at radius 3 is 2.72 bits per heavy atom. The van der Waals surface area contributed by atoms with Crippen LogP contribution < -0.4 is 4.74 Å². The van der Waals surface area contributed by atoms with Gasteiger partial charge in [-0.05, 0) is 54.2 Å². The molecule has 32 heavy (non-hydrogen) atoms. The van der Waals surface area contributed by atoms with Crippen LogP contribution in [-0.4, -0.2) is 33.4 Å². The van der Waals surface area contributed by atoms with Crippen molar-refractivity contribution in [1.29, 1.82) is 0 Å². The van der Waals surface area contributed by atoms with Gasteiger partial charge in [-0.15, -0.1) is 5.10 Å². The molecule has 0 radical (unpaired) electrons. The minimum Gasteiger partial charge on any atom is -0.496 e. The van der Waals surface area contributed by atoms with E-state index >= 15 is 0 Å². The second-order valence-electron chi connectivity index (χ2n) is 6.44. The molecule has 0 saturated heterocycles. The van der Waals surface area contributed by atoms with Crippen molar-refractivity contribution in [3.05, 3.63) is 75.3 Å². The molecule has 0 bridgehead atoms. The Hall–Kier alpha value is -3.20. The molecule has 0 atom stereocenters. The lowest BCUT2D eigenvalue weighted by atomic mass is 10.2. The standard InChI is InChI=1S/C22H15Cl2N3O4S/c1-30-18-7-5-14(24)10-16(18)20-25-22(27-26-20)32-19(21(28)29)11-15-6-8-17(31-15)12-3-2-4-13(23)9-12/h2-11H,1H3,(H,28,29)(H,25,26,27)/b19-11-. The fraction of sp³-hybridized carbons (Fsp3) is 0.0455. The number of benzene rings is 2. The average molecular weight is 488 g/mol. The number of hydrogen-bond donors (Lipinski definition) is 2. The van der Waals surface area contributed by atoms with Crippen LogP contribution in [0.2, 0.25) is 10.0 Å². The Bertz CT molecular complexity index is 1320. The van der Waals surface area contributed by atoms with Gasteiger partial charge in [-0.25, -0.2) is 9.78 Å². The SMILES string of the molecule is COc1ccc(Cl)cc1-c1nc(S/C(=C\c2ccc(-c3cccc(Cl)c3)o2)C(=O)O)n[nH]1. The highest BCUT2D eigenvalue weighted by atomic mass is 35.5. The summed E-state index contributed by atoms with van der Waals surface area (Å²) in [7, 11) is 1.53. The quantitative estimate of drug-likeness (QED) is 0.234. The van der Waals surface area contributed by atoms with Gasteiger partial charge in [0.25, 0.3) is 0 Å². The molecule has 162 valence electrons. The number of H-pyrrole nitrogens is 1. The first kappa shape index (κ1) is 22.0. The van der Waals surface area contributed by atoms with E-state index in [2.05, 4.69) is 15.2 Å². The maximum atomic E-state index is 11.8. The molecule has 0 spiro atoms. The molecule has 0 aliphatic heterocycles. The Morgan fingerprint density at radius 1 is 1.16 bits per heavy atom. The predicted molar refractivity (Wildman–Crippen MR) is 124 cm³/mol. The first-order valence-corrected chi connectivity index (χ1v) is 10.7. The highest BCUT2D eigenvalue weighted by molar-refractivity contribution is 8.04. The highest BCUT2D eigenvalue weighted by Gasteiger charge is 2.17. The van der Waals surface area contributed by atoms with E-state index in [0.29, 0.717) is 38.7 Å². The van der Waals surface area contributed by atoms with E-state index in [1.54, 1.807) is 42.5 Å². The van der Waals surface area contributed by atoms with Crippen molar-refractivity contribution >= 4 is 47.0 Å². The molecule has 0 aliphatic carbocycles. The number of hydrogen-bond acceptors (Lipinski definition) is 6. The zero-order valence-corrected chi connectivity index (χ0v) is 18.8. The van der Waals surface area contributed by atoms with E-state index in [-0.39, 0.29) is 10.1 Å². The molecule has 2 heterocycles. The summed E-state index contributed by atoms with van der Waals surface area (Å²) >= 11 is 13.0. The summed E-state index contributed by atoms with van der Waals surface area (Å²) in [6, 6.07) is 15.7. The number of carboxylic acids is 1. The molecule has 4 rings (SSSR count). The van der Waals surface area contributed by atoms with Crippen molar-refractivity contribution < 1.29 is 19.1 Å². The normalized spacial score (nSPS) is 11.5. The Morgan fingerprint density at radius 2 is 1.97 bits per heavy atom. The number of thioether (sulfide) groups is 1. The summed E-state index contributed by atoms with van der Waals surface area (Å²) in [4.78, 5) is 16.2. The first-order chi connectivity index (χ1) is 15.4. The van der Waals surface area contributed by atoms with Crippen LogP contribution in [0.25, 0.3) is 28.8 Å². The molecule has 2 N–H and O–H groups in total. The number of nitrogens with zero attached hydrogens (tertiary/aromatic N) is 2. The number of aromatic amines is 1. The van der Waals surface area contributed by atoms with Gasteiger partial charge in [-0.2, -0.15) is 0 Å². The van der Waals surface area contributed by atoms with E-state index in [1.807, 2.05) is 12.1 Å². The number of halogens is 2. The van der Waals surface area contributed by atoms with Gasteiger partial charge in [0, 0.05) is 21.7 Å². The van der Waals surface area contributed by atoms with Gasteiger partial charge >= 0.3 is 5.97 Å². The summed E-state index contributed by atoms with van der Waals surface area (Å²) in [6.45, 7) is 0. The van der Waals surface area contributed by atoms with Crippen molar-refractivity contribution in [1.82, 2.24) is 15.2 Å². The fourth-order valence-corrected chi connectivity index (χ4v) is 3.92. The molecule has 0 unspecified atom stereocenters. The molecule has 2 aromatic heterocycles. The van der Waals surface area contributed by atoms with Crippen LogP contribution in [0.15, 0.2) is 69.1 Å². The Kier molecular flexibility index (Phi) is 6.55. The molecule has 7 nitrogen and oxygen atoms in total. The molecule has 0 saturated carbocycles. The number of rotatable bonds is 7. The second kappa shape index (κ2) is 9.52. The molecular formula is C22H15Cl2N3O4S. The van der Waals surface area contributed by atoms with Crippen molar-refractivity contribution in [2.75, 3.05) is 7.11 Å². The lowest BCUT2D eigenvalue weighted by molar-refractivity contribution is -0.131. The third kappa shape index (κ3) is 4.99. The van der Waals surface area contributed by atoms with Crippen molar-refractivity contribution in [3.63, 3.8) is 0 Å². The van der Waals surface area contributed by atoms with Crippen LogP contribution >= 0.6 is 35.0 Å². The van der Waals surface area contributed by atoms with E-state index in [9.17, 15) is 9.90 Å². The number of nitrogens with one attached hydrogen (secondary N) is 1. The Balaban J connectivity index is 1.59. The lowest BCUT2D eigenvalue weighted by Crippen LogP contribution is -1.97. The summed E-state index contributed by atoms with van der Waals surface area (Å²) in [5, 5.41) is 17.8. The topological polar surface area (TPSA) is 101 Å². The van der Waals surface area contributed by atoms with Gasteiger partial charge in [-0.3, -0.25) is 5.10 Å². The molecule has 2 aromatic carbocycles. The van der Waals surface area contributed by atoms with Crippen LogP contribution in [0.1, 0.15) is 5.76 Å². The number of carbonyl (C=O) groups is 1. The monoisotopic (exact) mass is 487 g/mol. The van der Waals surface area contributed by atoms with Crippen LogP contribution in [0.4, 0.5) is 0 Å². The number of ether oxygens (including phenoxy) is 1. The summed E-state index contributed by atoms with van der Waals surface area (Å²) < 4.78 is 11.1. The van der Waals surface area contributed by atoms with Crippen molar-refractivity contribution in [2.24, 2.45) is 0 Å². The first-order valence-electron chi connectivity index (χ1n) is 9.18. The van der Waals surface area contributed by atoms with Crippen molar-refractivity contribution in [3.8, 4) is 28.5 Å². The number of methoxy groups -OCH3 is 1. The minimum absolute atomic E-state index is 0.0133. The van der Waals surface area contributed by atoms with Gasteiger partial charge in [0.05, 0.1) is 12.7 Å². The molecule has 10 heteroatoms. The van der Waals surface area contributed by atoms with Crippen LogP contribution in [0, 0.1) is 0 Å². The van der Waals surface area contributed by atoms with Gasteiger partial charge < -0.3 is 14.3 Å². The largest absolute Gasteiger partial charge is 0.496 e. The lowest BCUT2D eigenvalue weighted by Gasteiger charge is -2.05. The van der Waals surface area contributed by atoms with Gasteiger partial charge in [0.2, 0.25) is 5.16 Å². The van der Waals surface area contributed by atoms with Gasteiger partial charge in [0.1, 0.15) is 22.2 Å². The number of aromatic nitrogens is 3. The van der Waals surface area contributed by atoms with E-state index in [1.165, 1.54) is 13.2 Å². The minimum atomic E-state index is -1.14. The number of carboxylic acid groups (broad SMARTS) is 1. The maximum Gasteiger partial charge on any atom is 0.342 e. The zero-order valence-electron chi connectivity index (χ0n) is 16.5. The van der Waals surface area contributed by atoms with E-state index < -0.39 is 5.97 Å². The average Bonchev–Trinajstić information content (AvgIpc) is 3.43. The third-order valence-corrected chi connectivity index (χ3v) is 5.65. The van der Waals surface area contributed by atoms with Crippen LogP contribution in [0.5, 0.6) is 5.75 Å². The van der Waals surface area contributed by atoms with Crippen LogP contribution in [0.3, 0.4) is 0 Å². The Labute approximate surface area is 197 Å². The van der Waals surface area contributed by atoms with Crippen molar-refractivity contribution in [2.45, 2.75) is 5.16 Å². The predicted octanol–water partition coefficient (Wildman–Crippen LogP) is 6.26. The number of aliphatic carboxylic acids is 1. The summed E-state index contributed by atoms with van der Waals surface area (Å²) in [5.41, 5.74) is 1.40. The maximum absolute atomic E-state index is 11.8. The molecule has 4 aromatic rings. The third-order valence-electron chi connectivity index (χ3n) is 4.30. The van der Waals surface area contributed by atoms with Crippen LogP contribution in [-0.2, 0) is 4.79 Å². The van der Waals surface area contributed by atoms with Gasteiger partial charge in [-0.1, -0.05) is 35.3 Å². The van der Waals surface area contributed by atoms with E-state index in [4.69, 9.17) is 32.4 Å². The molecule has 0 aliphatic rings. The molecule has 0 amide bonds. The second-order valence-corrected chi connectivity index (χ2v) is 8.32. The van der Waals surface area contributed by atoms with E-state index in [0.717, 1.165) is 17.3 Å². The smallest absolute Gasteiger partial charge is 0.342 e. The highest BCUT2D eigenvalue weighted by Crippen LogP contribution is 2.33. The van der Waals surface area contributed by atoms with Gasteiger partial charge in [0.15, 0.2) is 5.82 Å². The molecule has 0 fully saturated rings. The summed E-state index contributed by atoms with van der Waals surface area (Å²) in [6.07, 6.45) is 1.41. The summed E-state index contributed by atoms with van der Waals surface area (Å²) in [5.74, 6) is 0.763. The fourth-order valence-electron chi connectivity index (χ4n) is 2.87. The number of furan rings is 1. The zero-order chi connectivity index (χ0) is 22.7.